The summed E-state index contributed by atoms with van der Waals surface area (Å²) in [5, 5.41) is 3.03. The molecule has 1 aliphatic rings. The van der Waals surface area contributed by atoms with Crippen LogP contribution >= 0.6 is 0 Å². The van der Waals surface area contributed by atoms with Crippen molar-refractivity contribution in [2.45, 2.75) is 19.8 Å². The maximum absolute atomic E-state index is 12.9. The van der Waals surface area contributed by atoms with Crippen molar-refractivity contribution in [1.29, 1.82) is 0 Å². The summed E-state index contributed by atoms with van der Waals surface area (Å²) in [6, 6.07) is 14.9. The number of rotatable bonds is 8. The summed E-state index contributed by atoms with van der Waals surface area (Å²) in [6.07, 6.45) is 4.67. The van der Waals surface area contributed by atoms with Crippen molar-refractivity contribution in [3.05, 3.63) is 60.9 Å². The van der Waals surface area contributed by atoms with Gasteiger partial charge in [0.05, 0.1) is 19.4 Å². The van der Waals surface area contributed by atoms with E-state index in [-0.39, 0.29) is 11.8 Å². The zero-order valence-electron chi connectivity index (χ0n) is 18.9. The van der Waals surface area contributed by atoms with E-state index in [9.17, 15) is 4.79 Å². The SMILES string of the molecule is CCOc1ccccc1NC(=O)C1CCN(c2nccnc2Oc2cccc(OC)c2)CC1. The second-order valence-corrected chi connectivity index (χ2v) is 7.65. The van der Waals surface area contributed by atoms with Gasteiger partial charge in [-0.15, -0.1) is 0 Å². The fourth-order valence-electron chi connectivity index (χ4n) is 3.82. The van der Waals surface area contributed by atoms with Crippen LogP contribution in [0.5, 0.6) is 23.1 Å². The summed E-state index contributed by atoms with van der Waals surface area (Å²) in [5.41, 5.74) is 0.703. The van der Waals surface area contributed by atoms with E-state index in [0.717, 1.165) is 0 Å². The molecule has 1 N–H and O–H groups in total. The average molecular weight is 449 g/mol. The molecule has 8 nitrogen and oxygen atoms in total. The van der Waals surface area contributed by atoms with E-state index < -0.39 is 0 Å². The minimum Gasteiger partial charge on any atom is -0.497 e. The molecule has 0 radical (unpaired) electrons. The number of nitrogens with zero attached hydrogens (tertiary/aromatic N) is 3. The normalized spacial score (nSPS) is 13.9. The lowest BCUT2D eigenvalue weighted by Crippen LogP contribution is -2.38. The van der Waals surface area contributed by atoms with E-state index in [1.165, 1.54) is 0 Å². The molecule has 8 heteroatoms. The van der Waals surface area contributed by atoms with Gasteiger partial charge in [-0.25, -0.2) is 9.97 Å². The number of para-hydroxylation sites is 2. The lowest BCUT2D eigenvalue weighted by molar-refractivity contribution is -0.120. The standard InChI is InChI=1S/C25H28N4O4/c1-3-32-22-10-5-4-9-21(22)28-24(30)18-11-15-29(16-12-18)23-25(27-14-13-26-23)33-20-8-6-7-19(17-20)31-2/h4-10,13-14,17-18H,3,11-12,15-16H2,1-2H3,(H,28,30). The monoisotopic (exact) mass is 448 g/mol. The van der Waals surface area contributed by atoms with Gasteiger partial charge < -0.3 is 24.4 Å². The highest BCUT2D eigenvalue weighted by Crippen LogP contribution is 2.33. The predicted molar refractivity (Wildman–Crippen MR) is 126 cm³/mol. The Hall–Kier alpha value is -3.81. The highest BCUT2D eigenvalue weighted by molar-refractivity contribution is 5.94. The van der Waals surface area contributed by atoms with Crippen molar-refractivity contribution >= 4 is 17.4 Å². The summed E-state index contributed by atoms with van der Waals surface area (Å²) < 4.78 is 16.9. The highest BCUT2D eigenvalue weighted by Gasteiger charge is 2.28. The first-order valence-electron chi connectivity index (χ1n) is 11.1. The Morgan fingerprint density at radius 2 is 1.82 bits per heavy atom. The molecule has 0 bridgehead atoms. The molecule has 3 aromatic rings. The Labute approximate surface area is 193 Å². The molecule has 1 amide bonds. The van der Waals surface area contributed by atoms with Gasteiger partial charge in [-0.1, -0.05) is 18.2 Å². The van der Waals surface area contributed by atoms with Crippen LogP contribution in [0.4, 0.5) is 11.5 Å². The molecule has 1 aromatic heterocycles. The molecule has 0 aliphatic carbocycles. The van der Waals surface area contributed by atoms with Crippen LogP contribution in [0, 0.1) is 5.92 Å². The minimum absolute atomic E-state index is 0.00815. The van der Waals surface area contributed by atoms with E-state index >= 15 is 0 Å². The number of benzene rings is 2. The van der Waals surface area contributed by atoms with Crippen molar-refractivity contribution in [3.8, 4) is 23.1 Å². The third-order valence-corrected chi connectivity index (χ3v) is 5.51. The van der Waals surface area contributed by atoms with E-state index in [1.54, 1.807) is 25.6 Å². The number of piperidine rings is 1. The molecule has 1 aliphatic heterocycles. The number of hydrogen-bond donors (Lipinski definition) is 1. The Kier molecular flexibility index (Phi) is 7.24. The fraction of sp³-hybridized carbons (Fsp3) is 0.320. The van der Waals surface area contributed by atoms with Crippen molar-refractivity contribution in [2.75, 3.05) is 37.0 Å². The molecule has 33 heavy (non-hydrogen) atoms. The maximum atomic E-state index is 12.9. The number of methoxy groups -OCH3 is 1. The third kappa shape index (κ3) is 5.52. The lowest BCUT2D eigenvalue weighted by atomic mass is 9.95. The van der Waals surface area contributed by atoms with Gasteiger partial charge in [-0.05, 0) is 44.0 Å². The smallest absolute Gasteiger partial charge is 0.263 e. The summed E-state index contributed by atoms with van der Waals surface area (Å²) in [5.74, 6) is 3.03. The zero-order chi connectivity index (χ0) is 23.0. The first kappa shape index (κ1) is 22.4. The Bertz CT molecular complexity index is 1080. The van der Waals surface area contributed by atoms with Crippen LogP contribution in [-0.4, -0.2) is 42.7 Å². The quantitative estimate of drug-likeness (QED) is 0.542. The average Bonchev–Trinajstić information content (AvgIpc) is 2.86. The Morgan fingerprint density at radius 3 is 2.61 bits per heavy atom. The highest BCUT2D eigenvalue weighted by atomic mass is 16.5. The molecular weight excluding hydrogens is 420 g/mol. The number of anilines is 2. The van der Waals surface area contributed by atoms with Gasteiger partial charge in [0.15, 0.2) is 5.82 Å². The number of ether oxygens (including phenoxy) is 3. The summed E-state index contributed by atoms with van der Waals surface area (Å²) in [6.45, 7) is 3.83. The predicted octanol–water partition coefficient (Wildman–Crippen LogP) is 4.53. The van der Waals surface area contributed by atoms with E-state index in [0.29, 0.717) is 67.2 Å². The molecule has 1 saturated heterocycles. The Balaban J connectivity index is 1.40. The molecule has 1 fully saturated rings. The number of carbonyl (C=O) groups excluding carboxylic acids is 1. The van der Waals surface area contributed by atoms with Gasteiger partial charge in [0.25, 0.3) is 5.88 Å². The summed E-state index contributed by atoms with van der Waals surface area (Å²) in [7, 11) is 1.61. The molecule has 0 atom stereocenters. The lowest BCUT2D eigenvalue weighted by Gasteiger charge is -2.32. The first-order valence-corrected chi connectivity index (χ1v) is 11.1. The molecule has 2 heterocycles. The van der Waals surface area contributed by atoms with Gasteiger partial charge in [-0.3, -0.25) is 4.79 Å². The number of aromatic nitrogens is 2. The molecule has 0 unspecified atom stereocenters. The van der Waals surface area contributed by atoms with Crippen LogP contribution in [0.25, 0.3) is 0 Å². The number of carbonyl (C=O) groups is 1. The van der Waals surface area contributed by atoms with E-state index in [2.05, 4.69) is 20.2 Å². The maximum Gasteiger partial charge on any atom is 0.263 e. The van der Waals surface area contributed by atoms with Gasteiger partial charge in [-0.2, -0.15) is 0 Å². The van der Waals surface area contributed by atoms with Crippen LogP contribution in [0.15, 0.2) is 60.9 Å². The zero-order valence-corrected chi connectivity index (χ0v) is 18.9. The van der Waals surface area contributed by atoms with Crippen LogP contribution in [-0.2, 0) is 4.79 Å². The molecule has 172 valence electrons. The topological polar surface area (TPSA) is 85.8 Å². The van der Waals surface area contributed by atoms with Gasteiger partial charge in [0.1, 0.15) is 17.2 Å². The third-order valence-electron chi connectivity index (χ3n) is 5.51. The van der Waals surface area contributed by atoms with E-state index in [1.807, 2.05) is 49.4 Å². The molecule has 0 saturated carbocycles. The summed E-state index contributed by atoms with van der Waals surface area (Å²) in [4.78, 5) is 23.9. The van der Waals surface area contributed by atoms with E-state index in [4.69, 9.17) is 14.2 Å². The van der Waals surface area contributed by atoms with Crippen molar-refractivity contribution < 1.29 is 19.0 Å². The van der Waals surface area contributed by atoms with Crippen LogP contribution in [0.3, 0.4) is 0 Å². The molecule has 4 rings (SSSR count). The second-order valence-electron chi connectivity index (χ2n) is 7.65. The number of nitrogens with one attached hydrogen (secondary N) is 1. The van der Waals surface area contributed by atoms with Crippen LogP contribution < -0.4 is 24.4 Å². The van der Waals surface area contributed by atoms with Crippen molar-refractivity contribution in [3.63, 3.8) is 0 Å². The van der Waals surface area contributed by atoms with Gasteiger partial charge in [0, 0.05) is 37.5 Å². The fourth-order valence-corrected chi connectivity index (χ4v) is 3.82. The molecule has 2 aromatic carbocycles. The molecule has 0 spiro atoms. The van der Waals surface area contributed by atoms with Crippen LogP contribution in [0.2, 0.25) is 0 Å². The Morgan fingerprint density at radius 1 is 1.06 bits per heavy atom. The number of amides is 1. The van der Waals surface area contributed by atoms with Gasteiger partial charge >= 0.3 is 0 Å². The van der Waals surface area contributed by atoms with Crippen molar-refractivity contribution in [1.82, 2.24) is 9.97 Å². The van der Waals surface area contributed by atoms with Crippen molar-refractivity contribution in [2.24, 2.45) is 5.92 Å². The second kappa shape index (κ2) is 10.7. The summed E-state index contributed by atoms with van der Waals surface area (Å²) >= 11 is 0. The first-order chi connectivity index (χ1) is 16.2. The molecular formula is C25H28N4O4. The van der Waals surface area contributed by atoms with Crippen LogP contribution in [0.1, 0.15) is 19.8 Å². The largest absolute Gasteiger partial charge is 0.497 e. The minimum atomic E-state index is -0.0876. The number of hydrogen-bond acceptors (Lipinski definition) is 7. The van der Waals surface area contributed by atoms with Gasteiger partial charge in [0.2, 0.25) is 5.91 Å².